The van der Waals surface area contributed by atoms with Gasteiger partial charge in [-0.25, -0.2) is 0 Å². The van der Waals surface area contributed by atoms with Gasteiger partial charge in [0, 0.05) is 18.8 Å². The Kier molecular flexibility index (Phi) is 3.78. The van der Waals surface area contributed by atoms with E-state index in [4.69, 9.17) is 5.11 Å². The maximum absolute atomic E-state index is 11.9. The minimum absolute atomic E-state index is 0.0209. The zero-order valence-electron chi connectivity index (χ0n) is 11.2. The topological polar surface area (TPSA) is 81.6 Å². The second-order valence-electron chi connectivity index (χ2n) is 5.40. The van der Waals surface area contributed by atoms with E-state index in [1.54, 1.807) is 0 Å². The number of anilines is 1. The number of nitrogens with one attached hydrogen (secondary N) is 2. The molecule has 19 heavy (non-hydrogen) atoms. The first-order valence-corrected chi connectivity index (χ1v) is 6.39. The molecule has 1 aliphatic rings. The van der Waals surface area contributed by atoms with Gasteiger partial charge >= 0.3 is 0 Å². The van der Waals surface area contributed by atoms with Crippen molar-refractivity contribution in [1.29, 1.82) is 0 Å². The van der Waals surface area contributed by atoms with Gasteiger partial charge in [0.2, 0.25) is 5.91 Å². The lowest BCUT2D eigenvalue weighted by atomic mass is 9.78. The largest absolute Gasteiger partial charge is 0.394 e. The van der Waals surface area contributed by atoms with Crippen molar-refractivity contribution < 1.29 is 15.0 Å². The summed E-state index contributed by atoms with van der Waals surface area (Å²) in [6.45, 7) is 4.35. The third-order valence-corrected chi connectivity index (χ3v) is 3.54. The maximum Gasteiger partial charge on any atom is 0.230 e. The molecule has 5 nitrogen and oxygen atoms in total. The van der Waals surface area contributed by atoms with Crippen molar-refractivity contribution in [3.05, 3.63) is 29.3 Å². The Morgan fingerprint density at radius 1 is 1.47 bits per heavy atom. The highest BCUT2D eigenvalue weighted by Crippen LogP contribution is 2.32. The number of amides is 1. The van der Waals surface area contributed by atoms with Crippen LogP contribution in [0.2, 0.25) is 0 Å². The molecule has 1 heterocycles. The summed E-state index contributed by atoms with van der Waals surface area (Å²) in [6.07, 6.45) is -0.785. The molecule has 5 heteroatoms. The molecule has 104 valence electrons. The van der Waals surface area contributed by atoms with E-state index in [9.17, 15) is 9.90 Å². The lowest BCUT2D eigenvalue weighted by molar-refractivity contribution is -0.126. The van der Waals surface area contributed by atoms with Gasteiger partial charge in [0.15, 0.2) is 0 Å². The van der Waals surface area contributed by atoms with Crippen LogP contribution in [0.3, 0.4) is 0 Å². The van der Waals surface area contributed by atoms with Crippen molar-refractivity contribution in [2.45, 2.75) is 31.9 Å². The first-order chi connectivity index (χ1) is 8.95. The molecule has 0 fully saturated rings. The van der Waals surface area contributed by atoms with E-state index in [2.05, 4.69) is 10.6 Å². The monoisotopic (exact) mass is 264 g/mol. The number of fused-ring (bicyclic) bond motifs is 1. The molecule has 0 bridgehead atoms. The number of aliphatic hydroxyl groups excluding tert-OH is 2. The minimum atomic E-state index is -0.785. The summed E-state index contributed by atoms with van der Waals surface area (Å²) >= 11 is 0. The van der Waals surface area contributed by atoms with Crippen molar-refractivity contribution in [2.24, 2.45) is 0 Å². The molecule has 1 amide bonds. The summed E-state index contributed by atoms with van der Waals surface area (Å²) in [5.74, 6) is 0.0209. The number of hydrogen-bond acceptors (Lipinski definition) is 4. The Labute approximate surface area is 112 Å². The zero-order valence-corrected chi connectivity index (χ0v) is 11.2. The lowest BCUT2D eigenvalue weighted by Gasteiger charge is -2.32. The summed E-state index contributed by atoms with van der Waals surface area (Å²) in [5, 5.41) is 24.0. The Balaban J connectivity index is 2.22. The number of aliphatic hydroxyl groups is 2. The molecule has 0 spiro atoms. The highest BCUT2D eigenvalue weighted by Gasteiger charge is 2.35. The molecule has 1 atom stereocenters. The van der Waals surface area contributed by atoms with Crippen molar-refractivity contribution in [1.82, 2.24) is 5.32 Å². The SMILES string of the molecule is CC1(C)C(=O)NCc2ccc(NCC(O)CO)cc21. The van der Waals surface area contributed by atoms with E-state index >= 15 is 0 Å². The minimum Gasteiger partial charge on any atom is -0.394 e. The highest BCUT2D eigenvalue weighted by molar-refractivity contribution is 5.89. The van der Waals surface area contributed by atoms with Crippen LogP contribution in [0.1, 0.15) is 25.0 Å². The van der Waals surface area contributed by atoms with Gasteiger partial charge in [-0.2, -0.15) is 0 Å². The van der Waals surface area contributed by atoms with E-state index < -0.39 is 11.5 Å². The van der Waals surface area contributed by atoms with E-state index in [1.165, 1.54) is 0 Å². The van der Waals surface area contributed by atoms with E-state index in [1.807, 2.05) is 32.0 Å². The highest BCUT2D eigenvalue weighted by atomic mass is 16.3. The average molecular weight is 264 g/mol. The Morgan fingerprint density at radius 2 is 2.21 bits per heavy atom. The molecule has 4 N–H and O–H groups in total. The molecule has 1 aliphatic heterocycles. The van der Waals surface area contributed by atoms with Crippen LogP contribution in [0.5, 0.6) is 0 Å². The fourth-order valence-corrected chi connectivity index (χ4v) is 2.24. The number of carbonyl (C=O) groups excluding carboxylic acids is 1. The van der Waals surface area contributed by atoms with Crippen molar-refractivity contribution in [3.63, 3.8) is 0 Å². The van der Waals surface area contributed by atoms with Crippen LogP contribution in [-0.2, 0) is 16.8 Å². The van der Waals surface area contributed by atoms with Crippen molar-refractivity contribution in [2.75, 3.05) is 18.5 Å². The van der Waals surface area contributed by atoms with Gasteiger partial charge in [0.1, 0.15) is 0 Å². The summed E-state index contributed by atoms with van der Waals surface area (Å²) in [5.41, 5.74) is 2.40. The molecule has 1 aromatic rings. The first-order valence-electron chi connectivity index (χ1n) is 6.39. The summed E-state index contributed by atoms with van der Waals surface area (Å²) in [4.78, 5) is 11.9. The van der Waals surface area contributed by atoms with Gasteiger partial charge in [0.25, 0.3) is 0 Å². The van der Waals surface area contributed by atoms with Crippen LogP contribution in [0.25, 0.3) is 0 Å². The molecule has 2 rings (SSSR count). The smallest absolute Gasteiger partial charge is 0.230 e. The van der Waals surface area contributed by atoms with Gasteiger partial charge in [-0.05, 0) is 37.1 Å². The fourth-order valence-electron chi connectivity index (χ4n) is 2.24. The van der Waals surface area contributed by atoms with E-state index in [0.29, 0.717) is 6.54 Å². The fraction of sp³-hybridized carbons (Fsp3) is 0.500. The van der Waals surface area contributed by atoms with Gasteiger partial charge in [-0.1, -0.05) is 6.07 Å². The second kappa shape index (κ2) is 5.19. The van der Waals surface area contributed by atoms with Gasteiger partial charge < -0.3 is 20.8 Å². The molecule has 0 aliphatic carbocycles. The number of rotatable bonds is 4. The van der Waals surface area contributed by atoms with Crippen LogP contribution in [-0.4, -0.2) is 35.4 Å². The molecule has 0 saturated carbocycles. The standard InChI is InChI=1S/C14H20N2O3/c1-14(2)12-5-10(15-7-11(18)8-17)4-3-9(12)6-16-13(14)19/h3-5,11,15,17-18H,6-8H2,1-2H3,(H,16,19). The number of benzene rings is 1. The Morgan fingerprint density at radius 3 is 2.89 bits per heavy atom. The molecule has 1 aromatic carbocycles. The number of hydrogen-bond donors (Lipinski definition) is 4. The molecule has 0 aromatic heterocycles. The van der Waals surface area contributed by atoms with Crippen LogP contribution < -0.4 is 10.6 Å². The van der Waals surface area contributed by atoms with Crippen LogP contribution in [0, 0.1) is 0 Å². The Bertz CT molecular complexity index is 486. The summed E-state index contributed by atoms with van der Waals surface area (Å²) in [6, 6.07) is 5.83. The van der Waals surface area contributed by atoms with Crippen LogP contribution in [0.4, 0.5) is 5.69 Å². The third kappa shape index (κ3) is 2.72. The van der Waals surface area contributed by atoms with Crippen molar-refractivity contribution >= 4 is 11.6 Å². The maximum atomic E-state index is 11.9. The molecule has 0 radical (unpaired) electrons. The van der Waals surface area contributed by atoms with Gasteiger partial charge in [-0.15, -0.1) is 0 Å². The quantitative estimate of drug-likeness (QED) is 0.633. The summed E-state index contributed by atoms with van der Waals surface area (Å²) < 4.78 is 0. The predicted molar refractivity (Wildman–Crippen MR) is 72.9 cm³/mol. The third-order valence-electron chi connectivity index (χ3n) is 3.54. The molecular formula is C14H20N2O3. The molecule has 1 unspecified atom stereocenters. The lowest BCUT2D eigenvalue weighted by Crippen LogP contribution is -2.44. The van der Waals surface area contributed by atoms with Crippen LogP contribution in [0.15, 0.2) is 18.2 Å². The zero-order chi connectivity index (χ0) is 14.0. The first kappa shape index (κ1) is 13.8. The second-order valence-corrected chi connectivity index (χ2v) is 5.40. The average Bonchev–Trinajstić information content (AvgIpc) is 2.41. The van der Waals surface area contributed by atoms with Gasteiger partial charge in [-0.3, -0.25) is 4.79 Å². The van der Waals surface area contributed by atoms with Crippen molar-refractivity contribution in [3.8, 4) is 0 Å². The Hall–Kier alpha value is -1.59. The summed E-state index contributed by atoms with van der Waals surface area (Å²) in [7, 11) is 0. The predicted octanol–water partition coefficient (Wildman–Crippen LogP) is 0.359. The molecular weight excluding hydrogens is 244 g/mol. The molecule has 0 saturated heterocycles. The number of carbonyl (C=O) groups is 1. The van der Waals surface area contributed by atoms with Crippen LogP contribution >= 0.6 is 0 Å². The van der Waals surface area contributed by atoms with E-state index in [0.717, 1.165) is 16.8 Å². The normalized spacial score (nSPS) is 18.4. The van der Waals surface area contributed by atoms with E-state index in [-0.39, 0.29) is 19.1 Å². The van der Waals surface area contributed by atoms with Gasteiger partial charge in [0.05, 0.1) is 18.1 Å².